The van der Waals surface area contributed by atoms with Crippen molar-refractivity contribution in [3.8, 4) is 0 Å². The summed E-state index contributed by atoms with van der Waals surface area (Å²) in [6, 6.07) is 8.53. The highest BCUT2D eigenvalue weighted by atomic mass is 79.9. The maximum absolute atomic E-state index is 3.60. The molecule has 1 aliphatic rings. The van der Waals surface area contributed by atoms with E-state index in [0.717, 1.165) is 5.25 Å². The molecule has 2 rings (SSSR count). The average molecular weight is 300 g/mol. The summed E-state index contributed by atoms with van der Waals surface area (Å²) in [5, 5.41) is 4.29. The minimum atomic E-state index is 0.830. The van der Waals surface area contributed by atoms with E-state index in [4.69, 9.17) is 0 Å². The molecule has 0 bridgehead atoms. The van der Waals surface area contributed by atoms with Crippen LogP contribution in [-0.4, -0.2) is 24.1 Å². The third kappa shape index (κ3) is 3.79. The molecule has 1 N–H and O–H groups in total. The molecule has 1 heterocycles. The summed E-state index contributed by atoms with van der Waals surface area (Å²) < 4.78 is 1.25. The zero-order valence-corrected chi connectivity index (χ0v) is 11.8. The Morgan fingerprint density at radius 1 is 1.38 bits per heavy atom. The first-order valence-electron chi connectivity index (χ1n) is 5.92. The van der Waals surface area contributed by atoms with Crippen molar-refractivity contribution in [2.24, 2.45) is 0 Å². The summed E-state index contributed by atoms with van der Waals surface area (Å²) in [7, 11) is 0. The van der Waals surface area contributed by atoms with Gasteiger partial charge in [-0.25, -0.2) is 0 Å². The number of hydrogen-bond donors (Lipinski definition) is 1. The molecule has 0 radical (unpaired) electrons. The van der Waals surface area contributed by atoms with Gasteiger partial charge in [-0.2, -0.15) is 11.8 Å². The fraction of sp³-hybridized carbons (Fsp3) is 0.538. The van der Waals surface area contributed by atoms with Crippen LogP contribution < -0.4 is 5.32 Å². The average Bonchev–Trinajstić information content (AvgIpc) is 2.33. The Labute approximate surface area is 111 Å². The summed E-state index contributed by atoms with van der Waals surface area (Å²) in [6.45, 7) is 2.40. The fourth-order valence-electron chi connectivity index (χ4n) is 2.00. The van der Waals surface area contributed by atoms with Gasteiger partial charge in [0.05, 0.1) is 0 Å². The normalized spacial score (nSPS) is 20.9. The van der Waals surface area contributed by atoms with Gasteiger partial charge in [-0.05, 0) is 43.2 Å². The van der Waals surface area contributed by atoms with Gasteiger partial charge in [-0.3, -0.25) is 0 Å². The van der Waals surface area contributed by atoms with Gasteiger partial charge in [-0.1, -0.05) is 34.1 Å². The number of rotatable bonds is 4. The zero-order chi connectivity index (χ0) is 11.2. The van der Waals surface area contributed by atoms with Crippen LogP contribution in [0.4, 0.5) is 0 Å². The summed E-state index contributed by atoms with van der Waals surface area (Å²) in [6.07, 6.45) is 3.89. The third-order valence-electron chi connectivity index (χ3n) is 2.93. The molecule has 1 unspecified atom stereocenters. The molecular formula is C13H18BrNS. The van der Waals surface area contributed by atoms with Gasteiger partial charge in [-0.15, -0.1) is 0 Å². The third-order valence-corrected chi connectivity index (χ3v) is 5.02. The second-order valence-corrected chi connectivity index (χ2v) is 6.44. The van der Waals surface area contributed by atoms with Gasteiger partial charge in [0.25, 0.3) is 0 Å². The number of hydrogen-bond acceptors (Lipinski definition) is 2. The van der Waals surface area contributed by atoms with E-state index in [9.17, 15) is 0 Å². The van der Waals surface area contributed by atoms with Gasteiger partial charge >= 0.3 is 0 Å². The molecule has 1 atom stereocenters. The van der Waals surface area contributed by atoms with E-state index in [1.54, 1.807) is 0 Å². The number of thioether (sulfide) groups is 1. The minimum absolute atomic E-state index is 0.830. The predicted molar refractivity (Wildman–Crippen MR) is 76.2 cm³/mol. The monoisotopic (exact) mass is 299 g/mol. The van der Waals surface area contributed by atoms with Crippen LogP contribution >= 0.6 is 27.7 Å². The van der Waals surface area contributed by atoms with E-state index in [2.05, 4.69) is 57.3 Å². The lowest BCUT2D eigenvalue weighted by atomic mass is 10.2. The molecule has 0 saturated carbocycles. The Balaban J connectivity index is 1.73. The Bertz CT molecular complexity index is 323. The van der Waals surface area contributed by atoms with Crippen LogP contribution in [0.15, 0.2) is 28.7 Å². The van der Waals surface area contributed by atoms with Crippen molar-refractivity contribution in [1.82, 2.24) is 5.32 Å². The standard InChI is InChI=1S/C13H18BrNS/c14-13-6-2-1-4-11(13)7-9-16-12-5-3-8-15-10-12/h1-2,4,6,12,15H,3,5,7-10H2. The number of halogens is 1. The van der Waals surface area contributed by atoms with Crippen LogP contribution in [0.3, 0.4) is 0 Å². The maximum atomic E-state index is 3.60. The molecular weight excluding hydrogens is 282 g/mol. The first kappa shape index (κ1) is 12.5. The molecule has 1 aromatic carbocycles. The van der Waals surface area contributed by atoms with Crippen molar-refractivity contribution in [3.05, 3.63) is 34.3 Å². The first-order chi connectivity index (χ1) is 7.86. The van der Waals surface area contributed by atoms with E-state index in [-0.39, 0.29) is 0 Å². The second kappa shape index (κ2) is 6.67. The van der Waals surface area contributed by atoms with Crippen LogP contribution in [0.2, 0.25) is 0 Å². The molecule has 88 valence electrons. The summed E-state index contributed by atoms with van der Waals surface area (Å²) in [4.78, 5) is 0. The molecule has 0 aliphatic carbocycles. The lowest BCUT2D eigenvalue weighted by Crippen LogP contribution is -2.31. The van der Waals surface area contributed by atoms with Gasteiger partial charge < -0.3 is 5.32 Å². The molecule has 16 heavy (non-hydrogen) atoms. The van der Waals surface area contributed by atoms with Crippen LogP contribution in [0, 0.1) is 0 Å². The second-order valence-electron chi connectivity index (χ2n) is 4.18. The molecule has 1 saturated heterocycles. The molecule has 1 aliphatic heterocycles. The topological polar surface area (TPSA) is 12.0 Å². The molecule has 0 amide bonds. The lowest BCUT2D eigenvalue weighted by molar-refractivity contribution is 0.531. The SMILES string of the molecule is Brc1ccccc1CCSC1CCCNC1. The molecule has 0 aromatic heterocycles. The largest absolute Gasteiger partial charge is 0.316 e. The highest BCUT2D eigenvalue weighted by Gasteiger charge is 2.12. The summed E-state index contributed by atoms with van der Waals surface area (Å²) in [5.74, 6) is 1.23. The summed E-state index contributed by atoms with van der Waals surface area (Å²) >= 11 is 5.72. The van der Waals surface area contributed by atoms with Crippen LogP contribution in [0.5, 0.6) is 0 Å². The van der Waals surface area contributed by atoms with Gasteiger partial charge in [0.2, 0.25) is 0 Å². The number of piperidine rings is 1. The number of benzene rings is 1. The van der Waals surface area contributed by atoms with Crippen LogP contribution in [0.25, 0.3) is 0 Å². The van der Waals surface area contributed by atoms with Gasteiger partial charge in [0.15, 0.2) is 0 Å². The first-order valence-corrected chi connectivity index (χ1v) is 7.76. The Hall–Kier alpha value is 0.01000. The number of nitrogens with one attached hydrogen (secondary N) is 1. The fourth-order valence-corrected chi connectivity index (χ4v) is 3.72. The Morgan fingerprint density at radius 3 is 3.00 bits per heavy atom. The quantitative estimate of drug-likeness (QED) is 0.913. The molecule has 1 aromatic rings. The molecule has 0 spiro atoms. The van der Waals surface area contributed by atoms with E-state index in [0.29, 0.717) is 0 Å². The van der Waals surface area contributed by atoms with Crippen LogP contribution in [0.1, 0.15) is 18.4 Å². The van der Waals surface area contributed by atoms with E-state index >= 15 is 0 Å². The van der Waals surface area contributed by atoms with E-state index in [1.807, 2.05) is 0 Å². The maximum Gasteiger partial charge on any atom is 0.0207 e. The Kier molecular flexibility index (Phi) is 5.20. The summed E-state index contributed by atoms with van der Waals surface area (Å²) in [5.41, 5.74) is 1.43. The minimum Gasteiger partial charge on any atom is -0.316 e. The molecule has 3 heteroatoms. The number of aryl methyl sites for hydroxylation is 1. The highest BCUT2D eigenvalue weighted by Crippen LogP contribution is 2.22. The molecule has 1 fully saturated rings. The van der Waals surface area contributed by atoms with Crippen LogP contribution in [-0.2, 0) is 6.42 Å². The van der Waals surface area contributed by atoms with E-state index in [1.165, 1.54) is 48.1 Å². The van der Waals surface area contributed by atoms with Crippen molar-refractivity contribution in [1.29, 1.82) is 0 Å². The highest BCUT2D eigenvalue weighted by molar-refractivity contribution is 9.10. The molecule has 1 nitrogen and oxygen atoms in total. The van der Waals surface area contributed by atoms with E-state index < -0.39 is 0 Å². The van der Waals surface area contributed by atoms with Crippen molar-refractivity contribution in [2.45, 2.75) is 24.5 Å². The van der Waals surface area contributed by atoms with Crippen molar-refractivity contribution >= 4 is 27.7 Å². The van der Waals surface area contributed by atoms with Gasteiger partial charge in [0, 0.05) is 16.3 Å². The predicted octanol–water partition coefficient (Wildman–Crippen LogP) is 3.48. The lowest BCUT2D eigenvalue weighted by Gasteiger charge is -2.22. The van der Waals surface area contributed by atoms with Gasteiger partial charge in [0.1, 0.15) is 0 Å². The zero-order valence-electron chi connectivity index (χ0n) is 9.42. The Morgan fingerprint density at radius 2 is 2.25 bits per heavy atom. The smallest absolute Gasteiger partial charge is 0.0207 e. The van der Waals surface area contributed by atoms with Crippen molar-refractivity contribution in [2.75, 3.05) is 18.8 Å². The van der Waals surface area contributed by atoms with Crippen molar-refractivity contribution in [3.63, 3.8) is 0 Å². The van der Waals surface area contributed by atoms with Crippen molar-refractivity contribution < 1.29 is 0 Å².